The van der Waals surface area contributed by atoms with Crippen LogP contribution < -0.4 is 10.4 Å². The van der Waals surface area contributed by atoms with Gasteiger partial charge in [0.1, 0.15) is 5.60 Å². The molecule has 2 saturated heterocycles. The Morgan fingerprint density at radius 1 is 0.816 bits per heavy atom. The summed E-state index contributed by atoms with van der Waals surface area (Å²) in [5.41, 5.74) is -0.346. The summed E-state index contributed by atoms with van der Waals surface area (Å²) in [4.78, 5) is 0. The Labute approximate surface area is 231 Å². The highest BCUT2D eigenvalue weighted by Crippen LogP contribution is 2.38. The molecule has 4 rings (SSSR count). The molecule has 1 unspecified atom stereocenters. The maximum Gasteiger partial charge on any atom is 0.261 e. The first-order chi connectivity index (χ1) is 18.5. The summed E-state index contributed by atoms with van der Waals surface area (Å²) >= 11 is 0. The SMILES string of the molecule is CC(C)(C)[Si](OCC1(OCCCCCCCOC2CCCCO2)COC1)(c1ccccc1)c1ccccc1. The minimum Gasteiger partial charge on any atom is -0.404 e. The molecule has 0 amide bonds. The van der Waals surface area contributed by atoms with Crippen LogP contribution in [0.3, 0.4) is 0 Å². The first-order valence-corrected chi connectivity index (χ1v) is 16.6. The van der Waals surface area contributed by atoms with Gasteiger partial charge in [0.2, 0.25) is 0 Å². The van der Waals surface area contributed by atoms with Crippen molar-refractivity contribution in [1.29, 1.82) is 0 Å². The van der Waals surface area contributed by atoms with Gasteiger partial charge in [0.05, 0.1) is 19.8 Å². The fourth-order valence-electron chi connectivity index (χ4n) is 5.62. The van der Waals surface area contributed by atoms with E-state index in [0.717, 1.165) is 39.1 Å². The van der Waals surface area contributed by atoms with E-state index in [9.17, 15) is 0 Å². The van der Waals surface area contributed by atoms with Gasteiger partial charge in [-0.15, -0.1) is 0 Å². The Hall–Kier alpha value is -1.54. The molecule has 2 aliphatic heterocycles. The molecule has 5 nitrogen and oxygen atoms in total. The zero-order valence-electron chi connectivity index (χ0n) is 23.8. The van der Waals surface area contributed by atoms with E-state index in [1.54, 1.807) is 0 Å². The lowest BCUT2D eigenvalue weighted by atomic mass is 10.0. The van der Waals surface area contributed by atoms with Crippen molar-refractivity contribution in [2.45, 2.75) is 89.1 Å². The van der Waals surface area contributed by atoms with Gasteiger partial charge in [-0.25, -0.2) is 0 Å². The molecule has 2 aromatic carbocycles. The van der Waals surface area contributed by atoms with Gasteiger partial charge < -0.3 is 23.4 Å². The van der Waals surface area contributed by atoms with Crippen LogP contribution in [-0.4, -0.2) is 59.8 Å². The Kier molecular flexibility index (Phi) is 11.0. The minimum atomic E-state index is -2.58. The molecular formula is C32H48O5Si. The van der Waals surface area contributed by atoms with E-state index in [1.165, 1.54) is 42.5 Å². The van der Waals surface area contributed by atoms with Crippen molar-refractivity contribution in [3.63, 3.8) is 0 Å². The number of unbranched alkanes of at least 4 members (excludes halogenated alkanes) is 4. The van der Waals surface area contributed by atoms with Gasteiger partial charge in [-0.05, 0) is 47.5 Å². The molecule has 1 atom stereocenters. The lowest BCUT2D eigenvalue weighted by molar-refractivity contribution is -0.223. The third-order valence-electron chi connectivity index (χ3n) is 7.84. The van der Waals surface area contributed by atoms with Crippen molar-refractivity contribution in [2.75, 3.05) is 39.6 Å². The zero-order valence-corrected chi connectivity index (χ0v) is 24.8. The van der Waals surface area contributed by atoms with Crippen molar-refractivity contribution in [2.24, 2.45) is 0 Å². The molecule has 0 aliphatic carbocycles. The van der Waals surface area contributed by atoms with Crippen LogP contribution in [0.1, 0.15) is 72.1 Å². The molecule has 210 valence electrons. The Bertz CT molecular complexity index is 880. The third-order valence-corrected chi connectivity index (χ3v) is 12.8. The minimum absolute atomic E-state index is 0.0316. The van der Waals surface area contributed by atoms with E-state index >= 15 is 0 Å². The molecule has 2 aromatic rings. The lowest BCUT2D eigenvalue weighted by Crippen LogP contribution is -2.69. The second-order valence-corrected chi connectivity index (χ2v) is 16.2. The highest BCUT2D eigenvalue weighted by molar-refractivity contribution is 6.99. The first kappa shape index (κ1) is 29.4. The fourth-order valence-corrected chi connectivity index (χ4v) is 10.3. The molecule has 2 aliphatic rings. The van der Waals surface area contributed by atoms with Crippen molar-refractivity contribution in [1.82, 2.24) is 0 Å². The Morgan fingerprint density at radius 3 is 1.95 bits per heavy atom. The second-order valence-electron chi connectivity index (χ2n) is 11.9. The van der Waals surface area contributed by atoms with E-state index in [-0.39, 0.29) is 16.9 Å². The topological polar surface area (TPSA) is 46.2 Å². The van der Waals surface area contributed by atoms with Crippen LogP contribution in [0.4, 0.5) is 0 Å². The van der Waals surface area contributed by atoms with Gasteiger partial charge in [0.15, 0.2) is 6.29 Å². The highest BCUT2D eigenvalue weighted by Gasteiger charge is 2.52. The number of hydrogen-bond donors (Lipinski definition) is 0. The predicted octanol–water partition coefficient (Wildman–Crippen LogP) is 5.84. The quantitative estimate of drug-likeness (QED) is 0.210. The van der Waals surface area contributed by atoms with Crippen molar-refractivity contribution >= 4 is 18.7 Å². The lowest BCUT2D eigenvalue weighted by Gasteiger charge is -2.47. The van der Waals surface area contributed by atoms with E-state index in [0.29, 0.717) is 19.8 Å². The molecule has 0 radical (unpaired) electrons. The van der Waals surface area contributed by atoms with Gasteiger partial charge in [-0.2, -0.15) is 0 Å². The van der Waals surface area contributed by atoms with Crippen LogP contribution in [0, 0.1) is 0 Å². The Morgan fingerprint density at radius 2 is 1.42 bits per heavy atom. The summed E-state index contributed by atoms with van der Waals surface area (Å²) in [6.45, 7) is 11.1. The van der Waals surface area contributed by atoms with Gasteiger partial charge in [0.25, 0.3) is 8.32 Å². The van der Waals surface area contributed by atoms with Crippen molar-refractivity contribution in [3.05, 3.63) is 60.7 Å². The van der Waals surface area contributed by atoms with Crippen LogP contribution in [0.2, 0.25) is 5.04 Å². The van der Waals surface area contributed by atoms with E-state index < -0.39 is 8.32 Å². The normalized spacial score (nSPS) is 19.7. The van der Waals surface area contributed by atoms with Gasteiger partial charge in [0, 0.05) is 19.8 Å². The molecule has 0 aromatic heterocycles. The zero-order chi connectivity index (χ0) is 26.7. The third kappa shape index (κ3) is 7.55. The standard InChI is InChI=1S/C32H48O5Si/c1-31(2,3)38(28-17-9-7-10-18-28,29-19-11-8-12-20-29)37-27-32(25-33-26-32)36-24-15-6-4-5-14-22-34-30-21-13-16-23-35-30/h7-12,17-20,30H,4-6,13-16,21-27H2,1-3H3. The average Bonchev–Trinajstić information content (AvgIpc) is 2.91. The summed E-state index contributed by atoms with van der Waals surface area (Å²) in [5.74, 6) is 0. The summed E-state index contributed by atoms with van der Waals surface area (Å²) in [7, 11) is -2.58. The molecular weight excluding hydrogens is 492 g/mol. The van der Waals surface area contributed by atoms with Gasteiger partial charge in [-0.1, -0.05) is 101 Å². The van der Waals surface area contributed by atoms with Crippen LogP contribution >= 0.6 is 0 Å². The monoisotopic (exact) mass is 540 g/mol. The van der Waals surface area contributed by atoms with E-state index in [2.05, 4.69) is 81.4 Å². The molecule has 0 saturated carbocycles. The molecule has 2 heterocycles. The molecule has 0 spiro atoms. The summed E-state index contributed by atoms with van der Waals surface area (Å²) < 4.78 is 30.8. The summed E-state index contributed by atoms with van der Waals surface area (Å²) in [6, 6.07) is 21.6. The predicted molar refractivity (Wildman–Crippen MR) is 156 cm³/mol. The number of hydrogen-bond acceptors (Lipinski definition) is 5. The molecule has 38 heavy (non-hydrogen) atoms. The maximum absolute atomic E-state index is 7.16. The average molecular weight is 541 g/mol. The second kappa shape index (κ2) is 14.2. The summed E-state index contributed by atoms with van der Waals surface area (Å²) in [6.07, 6.45) is 9.20. The van der Waals surface area contributed by atoms with Crippen LogP contribution in [0.15, 0.2) is 60.7 Å². The Balaban J connectivity index is 1.27. The van der Waals surface area contributed by atoms with Gasteiger partial charge >= 0.3 is 0 Å². The van der Waals surface area contributed by atoms with Crippen LogP contribution in [0.25, 0.3) is 0 Å². The highest BCUT2D eigenvalue weighted by atomic mass is 28.4. The molecule has 0 bridgehead atoms. The maximum atomic E-state index is 7.16. The molecule has 0 N–H and O–H groups in total. The van der Waals surface area contributed by atoms with E-state index in [1.807, 2.05) is 0 Å². The number of benzene rings is 2. The van der Waals surface area contributed by atoms with E-state index in [4.69, 9.17) is 23.4 Å². The van der Waals surface area contributed by atoms with Crippen LogP contribution in [0.5, 0.6) is 0 Å². The fraction of sp³-hybridized carbons (Fsp3) is 0.625. The van der Waals surface area contributed by atoms with Crippen LogP contribution in [-0.2, 0) is 23.4 Å². The summed E-state index contributed by atoms with van der Waals surface area (Å²) in [5, 5.41) is 2.55. The van der Waals surface area contributed by atoms with Gasteiger partial charge in [-0.3, -0.25) is 0 Å². The van der Waals surface area contributed by atoms with Crippen molar-refractivity contribution < 1.29 is 23.4 Å². The molecule has 2 fully saturated rings. The van der Waals surface area contributed by atoms with Crippen molar-refractivity contribution in [3.8, 4) is 0 Å². The number of ether oxygens (including phenoxy) is 4. The first-order valence-electron chi connectivity index (χ1n) is 14.7. The number of rotatable bonds is 15. The largest absolute Gasteiger partial charge is 0.404 e. The molecule has 6 heteroatoms. The smallest absolute Gasteiger partial charge is 0.261 e.